The number of piperazine rings is 1. The Bertz CT molecular complexity index is 867. The fourth-order valence-corrected chi connectivity index (χ4v) is 4.36. The van der Waals surface area contributed by atoms with Gasteiger partial charge in [-0.15, -0.1) is 0 Å². The molecule has 1 aliphatic heterocycles. The van der Waals surface area contributed by atoms with Crippen LogP contribution in [0.25, 0.3) is 0 Å². The van der Waals surface area contributed by atoms with E-state index in [9.17, 15) is 9.90 Å². The van der Waals surface area contributed by atoms with E-state index in [4.69, 9.17) is 4.74 Å². The minimum Gasteiger partial charge on any atom is -0.485 e. The Balaban J connectivity index is 1.78. The highest BCUT2D eigenvalue weighted by Crippen LogP contribution is 2.41. The van der Waals surface area contributed by atoms with Crippen LogP contribution in [-0.4, -0.2) is 80.5 Å². The molecule has 7 nitrogen and oxygen atoms in total. The molecule has 1 fully saturated rings. The van der Waals surface area contributed by atoms with Gasteiger partial charge in [0.25, 0.3) is 0 Å². The lowest BCUT2D eigenvalue weighted by molar-refractivity contribution is -0.119. The summed E-state index contributed by atoms with van der Waals surface area (Å²) >= 11 is 0. The number of hydrogen-bond donors (Lipinski definition) is 3. The van der Waals surface area contributed by atoms with Gasteiger partial charge in [0.2, 0.25) is 5.91 Å². The molecule has 2 aromatic rings. The third kappa shape index (κ3) is 7.01. The molecular formula is C26H39N4O3+. The Labute approximate surface area is 197 Å². The monoisotopic (exact) mass is 455 g/mol. The molecule has 0 spiro atoms. The standard InChI is InChI=1S/C26H38N4O3/c1-21(2)28-19-24(32)20-33-26-12-8-7-11-25(26)30(23-9-5-4-6-10-23)17-15-29(16-18-30)14-13-27-22(3)31/h4-12,21,24,28,32H,13-20H2,1-3H3/p+1. The first-order chi connectivity index (χ1) is 15.9. The van der Waals surface area contributed by atoms with Crippen molar-refractivity contribution in [1.82, 2.24) is 20.0 Å². The lowest BCUT2D eigenvalue weighted by Crippen LogP contribution is -2.58. The number of carbonyl (C=O) groups excluding carboxylic acids is 1. The number of aliphatic hydroxyl groups is 1. The summed E-state index contributed by atoms with van der Waals surface area (Å²) in [5, 5.41) is 16.5. The summed E-state index contributed by atoms with van der Waals surface area (Å²) in [6.45, 7) is 11.6. The third-order valence-electron chi connectivity index (χ3n) is 6.17. The lowest BCUT2D eigenvalue weighted by atomic mass is 10.1. The maximum Gasteiger partial charge on any atom is 0.216 e. The molecule has 33 heavy (non-hydrogen) atoms. The molecule has 1 heterocycles. The zero-order valence-corrected chi connectivity index (χ0v) is 20.2. The smallest absolute Gasteiger partial charge is 0.216 e. The molecular weight excluding hydrogens is 416 g/mol. The van der Waals surface area contributed by atoms with Crippen LogP contribution in [0.2, 0.25) is 0 Å². The molecule has 1 amide bonds. The van der Waals surface area contributed by atoms with E-state index < -0.39 is 6.10 Å². The summed E-state index contributed by atoms with van der Waals surface area (Å²) in [4.78, 5) is 13.6. The quantitative estimate of drug-likeness (QED) is 0.454. The van der Waals surface area contributed by atoms with Crippen LogP contribution in [0.1, 0.15) is 20.8 Å². The van der Waals surface area contributed by atoms with Crippen molar-refractivity contribution in [3.63, 3.8) is 0 Å². The Morgan fingerprint density at radius 1 is 1.09 bits per heavy atom. The van der Waals surface area contributed by atoms with Crippen molar-refractivity contribution in [2.45, 2.75) is 32.9 Å². The predicted molar refractivity (Wildman–Crippen MR) is 134 cm³/mol. The molecule has 1 unspecified atom stereocenters. The van der Waals surface area contributed by atoms with Gasteiger partial charge in [-0.2, -0.15) is 0 Å². The van der Waals surface area contributed by atoms with Gasteiger partial charge in [-0.1, -0.05) is 44.2 Å². The molecule has 0 saturated carbocycles. The molecule has 0 aliphatic carbocycles. The van der Waals surface area contributed by atoms with E-state index in [0.29, 0.717) is 23.6 Å². The van der Waals surface area contributed by atoms with E-state index in [2.05, 4.69) is 65.8 Å². The summed E-state index contributed by atoms with van der Waals surface area (Å²) in [7, 11) is 0. The van der Waals surface area contributed by atoms with Gasteiger partial charge in [0.05, 0.1) is 0 Å². The maximum atomic E-state index is 11.2. The van der Waals surface area contributed by atoms with Crippen molar-refractivity contribution in [3.05, 3.63) is 54.6 Å². The highest BCUT2D eigenvalue weighted by atomic mass is 16.5. The number of quaternary nitrogens is 1. The fraction of sp³-hybridized carbons (Fsp3) is 0.500. The van der Waals surface area contributed by atoms with Gasteiger partial charge in [-0.25, -0.2) is 0 Å². The molecule has 3 N–H and O–H groups in total. The van der Waals surface area contributed by atoms with Gasteiger partial charge in [0, 0.05) is 51.8 Å². The van der Waals surface area contributed by atoms with Crippen LogP contribution in [0, 0.1) is 0 Å². The molecule has 1 saturated heterocycles. The summed E-state index contributed by atoms with van der Waals surface area (Å²) in [5.41, 5.74) is 2.35. The van der Waals surface area contributed by atoms with Crippen LogP contribution >= 0.6 is 0 Å². The van der Waals surface area contributed by atoms with Crippen molar-refractivity contribution in [1.29, 1.82) is 0 Å². The Hall–Kier alpha value is -2.45. The van der Waals surface area contributed by atoms with Crippen molar-refractivity contribution in [2.24, 2.45) is 0 Å². The largest absolute Gasteiger partial charge is 0.485 e. The first kappa shape index (κ1) is 25.2. The number of rotatable bonds is 11. The zero-order chi connectivity index (χ0) is 23.7. The number of ether oxygens (including phenoxy) is 1. The van der Waals surface area contributed by atoms with Crippen molar-refractivity contribution >= 4 is 17.3 Å². The van der Waals surface area contributed by atoms with Gasteiger partial charge in [0.1, 0.15) is 31.5 Å². The topological polar surface area (TPSA) is 73.8 Å². The molecule has 0 radical (unpaired) electrons. The number of para-hydroxylation sites is 3. The van der Waals surface area contributed by atoms with Crippen molar-refractivity contribution < 1.29 is 14.6 Å². The second kappa shape index (κ2) is 12.1. The first-order valence-corrected chi connectivity index (χ1v) is 11.9. The number of aliphatic hydroxyl groups excluding tert-OH is 1. The van der Waals surface area contributed by atoms with Crippen molar-refractivity contribution in [3.8, 4) is 5.75 Å². The normalized spacial score (nSPS) is 17.0. The van der Waals surface area contributed by atoms with Crippen LogP contribution in [0.3, 0.4) is 0 Å². The second-order valence-electron chi connectivity index (χ2n) is 9.07. The molecule has 1 atom stereocenters. The molecule has 0 aromatic heterocycles. The Morgan fingerprint density at radius 2 is 1.76 bits per heavy atom. The summed E-state index contributed by atoms with van der Waals surface area (Å²) in [6, 6.07) is 19.1. The molecule has 180 valence electrons. The van der Waals surface area contributed by atoms with E-state index in [1.54, 1.807) is 6.92 Å². The van der Waals surface area contributed by atoms with Gasteiger partial charge in [-0.3, -0.25) is 14.2 Å². The van der Waals surface area contributed by atoms with Crippen LogP contribution in [-0.2, 0) is 4.79 Å². The summed E-state index contributed by atoms with van der Waals surface area (Å²) in [6.07, 6.45) is -0.573. The molecule has 3 rings (SSSR count). The molecule has 1 aliphatic rings. The van der Waals surface area contributed by atoms with Gasteiger partial charge < -0.3 is 20.5 Å². The Morgan fingerprint density at radius 3 is 2.42 bits per heavy atom. The maximum absolute atomic E-state index is 11.2. The minimum atomic E-state index is -0.573. The summed E-state index contributed by atoms with van der Waals surface area (Å²) in [5.74, 6) is 0.829. The highest BCUT2D eigenvalue weighted by Gasteiger charge is 2.39. The number of hydrogen-bond acceptors (Lipinski definition) is 5. The average molecular weight is 456 g/mol. The number of carbonyl (C=O) groups is 1. The van der Waals surface area contributed by atoms with Crippen LogP contribution < -0.4 is 19.9 Å². The first-order valence-electron chi connectivity index (χ1n) is 11.9. The van der Waals surface area contributed by atoms with Crippen LogP contribution in [0.4, 0.5) is 11.4 Å². The lowest BCUT2D eigenvalue weighted by Gasteiger charge is -2.44. The van der Waals surface area contributed by atoms with Crippen LogP contribution in [0.5, 0.6) is 5.75 Å². The van der Waals surface area contributed by atoms with E-state index >= 15 is 0 Å². The Kier molecular flexibility index (Phi) is 9.26. The summed E-state index contributed by atoms with van der Waals surface area (Å²) < 4.78 is 6.88. The zero-order valence-electron chi connectivity index (χ0n) is 20.2. The fourth-order valence-electron chi connectivity index (χ4n) is 4.36. The van der Waals surface area contributed by atoms with Gasteiger partial charge in [0.15, 0.2) is 11.4 Å². The second-order valence-corrected chi connectivity index (χ2v) is 9.07. The van der Waals surface area contributed by atoms with E-state index in [0.717, 1.165) is 44.2 Å². The van der Waals surface area contributed by atoms with Gasteiger partial charge in [-0.05, 0) is 18.2 Å². The number of nitrogens with zero attached hydrogens (tertiary/aromatic N) is 2. The highest BCUT2D eigenvalue weighted by molar-refractivity contribution is 5.72. The number of nitrogens with one attached hydrogen (secondary N) is 2. The van der Waals surface area contributed by atoms with Crippen LogP contribution in [0.15, 0.2) is 54.6 Å². The van der Waals surface area contributed by atoms with Gasteiger partial charge >= 0.3 is 0 Å². The minimum absolute atomic E-state index is 0.0123. The predicted octanol–water partition coefficient (Wildman–Crippen LogP) is 2.52. The number of benzene rings is 2. The van der Waals surface area contributed by atoms with E-state index in [-0.39, 0.29) is 12.5 Å². The number of amides is 1. The van der Waals surface area contributed by atoms with Crippen molar-refractivity contribution in [2.75, 3.05) is 52.4 Å². The third-order valence-corrected chi connectivity index (χ3v) is 6.17. The van der Waals surface area contributed by atoms with E-state index in [1.165, 1.54) is 5.69 Å². The molecule has 2 aromatic carbocycles. The van der Waals surface area contributed by atoms with E-state index in [1.807, 2.05) is 18.2 Å². The SMILES string of the molecule is CC(=O)NCCN1CC[N+](c2ccccc2)(c2ccccc2OCC(O)CNC(C)C)CC1. The molecule has 7 heteroatoms. The average Bonchev–Trinajstić information content (AvgIpc) is 2.82. The molecule has 0 bridgehead atoms.